The summed E-state index contributed by atoms with van der Waals surface area (Å²) in [5.74, 6) is 0.850. The zero-order valence-corrected chi connectivity index (χ0v) is 17.1. The van der Waals surface area contributed by atoms with Crippen molar-refractivity contribution in [1.29, 1.82) is 0 Å². The molecule has 0 fully saturated rings. The van der Waals surface area contributed by atoms with Crippen molar-refractivity contribution < 1.29 is 4.74 Å². The maximum Gasteiger partial charge on any atom is 0.119 e. The number of hydrogen-bond donors (Lipinski definition) is 0. The predicted octanol–water partition coefficient (Wildman–Crippen LogP) is 6.47. The molecule has 4 rings (SSSR count). The third-order valence-corrected chi connectivity index (χ3v) is 5.44. The molecule has 3 aromatic carbocycles. The third kappa shape index (κ3) is 3.87. The van der Waals surface area contributed by atoms with Crippen LogP contribution in [0.15, 0.2) is 82.4 Å². The van der Waals surface area contributed by atoms with Crippen molar-refractivity contribution in [2.45, 2.75) is 12.5 Å². The predicted molar refractivity (Wildman–Crippen MR) is 115 cm³/mol. The average molecular weight is 442 g/mol. The molecule has 0 amide bonds. The van der Waals surface area contributed by atoms with Crippen molar-refractivity contribution in [3.63, 3.8) is 0 Å². The number of ether oxygens (including phenoxy) is 1. The second-order valence-electron chi connectivity index (χ2n) is 6.37. The molecule has 0 saturated heterocycles. The highest BCUT2D eigenvalue weighted by atomic mass is 79.9. The summed E-state index contributed by atoms with van der Waals surface area (Å²) in [6.45, 7) is 0. The first kappa shape index (κ1) is 18.1. The van der Waals surface area contributed by atoms with Crippen LogP contribution in [0.4, 0.5) is 5.69 Å². The van der Waals surface area contributed by atoms with Crippen molar-refractivity contribution >= 4 is 38.9 Å². The van der Waals surface area contributed by atoms with Crippen LogP contribution >= 0.6 is 27.5 Å². The van der Waals surface area contributed by atoms with Gasteiger partial charge in [0, 0.05) is 15.9 Å². The first-order chi connectivity index (χ1) is 13.1. The van der Waals surface area contributed by atoms with Gasteiger partial charge in [0.15, 0.2) is 0 Å². The Kier molecular flexibility index (Phi) is 5.19. The molecular formula is C22H18BrClN2O. The van der Waals surface area contributed by atoms with Crippen LogP contribution in [0.1, 0.15) is 23.6 Å². The fourth-order valence-corrected chi connectivity index (χ4v) is 3.66. The lowest BCUT2D eigenvalue weighted by molar-refractivity contribution is 0.414. The number of nitrogens with zero attached hydrogens (tertiary/aromatic N) is 2. The van der Waals surface area contributed by atoms with Crippen molar-refractivity contribution in [2.75, 3.05) is 12.1 Å². The summed E-state index contributed by atoms with van der Waals surface area (Å²) in [6, 6.07) is 24.4. The number of anilines is 1. The van der Waals surface area contributed by atoms with Gasteiger partial charge in [0.25, 0.3) is 0 Å². The fraction of sp³-hybridized carbons (Fsp3) is 0.136. The quantitative estimate of drug-likeness (QED) is 0.464. The van der Waals surface area contributed by atoms with Gasteiger partial charge in [-0.15, -0.1) is 0 Å². The van der Waals surface area contributed by atoms with E-state index in [0.29, 0.717) is 0 Å². The van der Waals surface area contributed by atoms with E-state index in [9.17, 15) is 0 Å². The molecule has 0 aromatic heterocycles. The van der Waals surface area contributed by atoms with Gasteiger partial charge < -0.3 is 4.74 Å². The molecule has 1 aliphatic heterocycles. The molecule has 0 bridgehead atoms. The van der Waals surface area contributed by atoms with Crippen molar-refractivity contribution in [3.8, 4) is 5.75 Å². The van der Waals surface area contributed by atoms with Gasteiger partial charge >= 0.3 is 0 Å². The van der Waals surface area contributed by atoms with Gasteiger partial charge in [0.1, 0.15) is 5.75 Å². The summed E-state index contributed by atoms with van der Waals surface area (Å²) in [7, 11) is 1.69. The standard InChI is InChI=1S/C22H18BrClN2O/c1-27-20-4-2-3-16(13-20)22-14-21(15-5-9-18(24)10-6-15)25-26(22)19-11-7-17(23)8-12-19/h2-13,22H,14H2,1H3. The normalized spacial score (nSPS) is 16.3. The highest BCUT2D eigenvalue weighted by Gasteiger charge is 2.30. The smallest absolute Gasteiger partial charge is 0.119 e. The molecule has 0 saturated carbocycles. The van der Waals surface area contributed by atoms with Crippen LogP contribution in [0.2, 0.25) is 5.02 Å². The first-order valence-corrected chi connectivity index (χ1v) is 9.83. The minimum absolute atomic E-state index is 0.104. The number of hydrazone groups is 1. The zero-order valence-electron chi connectivity index (χ0n) is 14.8. The summed E-state index contributed by atoms with van der Waals surface area (Å²) in [6.07, 6.45) is 0.810. The van der Waals surface area contributed by atoms with Gasteiger partial charge in [-0.1, -0.05) is 51.8 Å². The largest absolute Gasteiger partial charge is 0.497 e. The Bertz CT molecular complexity index is 970. The highest BCUT2D eigenvalue weighted by molar-refractivity contribution is 9.10. The summed E-state index contributed by atoms with van der Waals surface area (Å²) in [5, 5.41) is 7.77. The minimum Gasteiger partial charge on any atom is -0.497 e. The first-order valence-electron chi connectivity index (χ1n) is 8.66. The van der Waals surface area contributed by atoms with Gasteiger partial charge in [-0.2, -0.15) is 5.10 Å². The molecule has 1 aliphatic rings. The second kappa shape index (κ2) is 7.75. The van der Waals surface area contributed by atoms with E-state index in [4.69, 9.17) is 21.4 Å². The SMILES string of the molecule is COc1cccc(C2CC(c3ccc(Cl)cc3)=NN2c2ccc(Br)cc2)c1. The summed E-state index contributed by atoms with van der Waals surface area (Å²) in [5.41, 5.74) is 4.36. The molecule has 3 aromatic rings. The average Bonchev–Trinajstić information content (AvgIpc) is 3.14. The van der Waals surface area contributed by atoms with Gasteiger partial charge in [-0.3, -0.25) is 5.01 Å². The summed E-state index contributed by atoms with van der Waals surface area (Å²) < 4.78 is 6.47. The van der Waals surface area contributed by atoms with E-state index in [2.05, 4.69) is 45.2 Å². The molecule has 0 spiro atoms. The van der Waals surface area contributed by atoms with Crippen LogP contribution in [0.25, 0.3) is 0 Å². The zero-order chi connectivity index (χ0) is 18.8. The fourth-order valence-electron chi connectivity index (χ4n) is 3.27. The van der Waals surface area contributed by atoms with Crippen molar-refractivity contribution in [1.82, 2.24) is 0 Å². The number of rotatable bonds is 4. The third-order valence-electron chi connectivity index (χ3n) is 4.66. The topological polar surface area (TPSA) is 24.8 Å². The van der Waals surface area contributed by atoms with Crippen molar-refractivity contribution in [2.24, 2.45) is 5.10 Å². The lowest BCUT2D eigenvalue weighted by Gasteiger charge is -2.24. The molecular weight excluding hydrogens is 424 g/mol. The molecule has 0 aliphatic carbocycles. The molecule has 0 radical (unpaired) electrons. The van der Waals surface area contributed by atoms with E-state index in [1.54, 1.807) is 7.11 Å². The Labute approximate surface area is 172 Å². The van der Waals surface area contributed by atoms with Crippen molar-refractivity contribution in [3.05, 3.63) is 93.4 Å². The second-order valence-corrected chi connectivity index (χ2v) is 7.72. The number of hydrogen-bond acceptors (Lipinski definition) is 3. The number of benzene rings is 3. The molecule has 5 heteroatoms. The van der Waals surface area contributed by atoms with E-state index in [1.165, 1.54) is 5.56 Å². The number of methoxy groups -OCH3 is 1. The molecule has 1 atom stereocenters. The van der Waals surface area contributed by atoms with Gasteiger partial charge in [0.05, 0.1) is 24.6 Å². The van der Waals surface area contributed by atoms with Crippen LogP contribution in [0.3, 0.4) is 0 Å². The Morgan fingerprint density at radius 3 is 2.48 bits per heavy atom. The summed E-state index contributed by atoms with van der Waals surface area (Å²) in [4.78, 5) is 0. The molecule has 1 unspecified atom stereocenters. The van der Waals surface area contributed by atoms with E-state index >= 15 is 0 Å². The maximum atomic E-state index is 6.05. The van der Waals surface area contributed by atoms with Gasteiger partial charge in [-0.25, -0.2) is 0 Å². The van der Waals surface area contributed by atoms with Crippen LogP contribution in [0.5, 0.6) is 5.75 Å². The van der Waals surface area contributed by atoms with E-state index in [-0.39, 0.29) is 6.04 Å². The summed E-state index contributed by atoms with van der Waals surface area (Å²) >= 11 is 9.55. The molecule has 136 valence electrons. The van der Waals surface area contributed by atoms with E-state index in [0.717, 1.165) is 38.6 Å². The lowest BCUT2D eigenvalue weighted by atomic mass is 9.98. The van der Waals surface area contributed by atoms with E-state index in [1.807, 2.05) is 48.5 Å². The Balaban J connectivity index is 1.75. The molecule has 0 N–H and O–H groups in total. The molecule has 3 nitrogen and oxygen atoms in total. The van der Waals surface area contributed by atoms with Gasteiger partial charge in [0.2, 0.25) is 0 Å². The monoisotopic (exact) mass is 440 g/mol. The number of halogens is 2. The lowest BCUT2D eigenvalue weighted by Crippen LogP contribution is -2.18. The van der Waals surface area contributed by atoms with Crippen LogP contribution in [0, 0.1) is 0 Å². The Morgan fingerprint density at radius 2 is 1.78 bits per heavy atom. The Morgan fingerprint density at radius 1 is 1.04 bits per heavy atom. The highest BCUT2D eigenvalue weighted by Crippen LogP contribution is 2.38. The minimum atomic E-state index is 0.104. The molecule has 1 heterocycles. The van der Waals surface area contributed by atoms with Crippen LogP contribution in [-0.4, -0.2) is 12.8 Å². The molecule has 27 heavy (non-hydrogen) atoms. The Hall–Kier alpha value is -2.30. The van der Waals surface area contributed by atoms with Gasteiger partial charge in [-0.05, 0) is 59.7 Å². The maximum absolute atomic E-state index is 6.05. The van der Waals surface area contributed by atoms with E-state index < -0.39 is 0 Å². The van der Waals surface area contributed by atoms with Crippen LogP contribution in [-0.2, 0) is 0 Å². The van der Waals surface area contributed by atoms with Crippen LogP contribution < -0.4 is 9.75 Å².